The number of rotatable bonds is 7. The Balaban J connectivity index is 1.62. The largest absolute Gasteiger partial charge is 0.480 e. The smallest absolute Gasteiger partial charge is 0.322 e. The minimum Gasteiger partial charge on any atom is -0.480 e. The summed E-state index contributed by atoms with van der Waals surface area (Å²) in [6, 6.07) is 11.0. The number of aliphatic carboxylic acids is 1. The number of ketones is 1. The summed E-state index contributed by atoms with van der Waals surface area (Å²) in [5.74, 6) is -3.64. The third-order valence-electron chi connectivity index (χ3n) is 4.59. The lowest BCUT2D eigenvalue weighted by Crippen LogP contribution is -2.52. The highest BCUT2D eigenvalue weighted by molar-refractivity contribution is 6.19. The number of nitrogens with zero attached hydrogens (tertiary/aromatic N) is 2. The molecule has 1 aromatic carbocycles. The van der Waals surface area contributed by atoms with E-state index in [1.807, 2.05) is 31.2 Å². The Morgan fingerprint density at radius 2 is 1.87 bits per heavy atom. The Labute approximate surface area is 172 Å². The van der Waals surface area contributed by atoms with Crippen LogP contribution in [0.2, 0.25) is 0 Å². The fraction of sp³-hybridized carbons (Fsp3) is 0.286. The normalized spacial score (nSPS) is 16.3. The molecule has 0 aliphatic carbocycles. The van der Waals surface area contributed by atoms with Crippen molar-refractivity contribution in [2.24, 2.45) is 5.92 Å². The Kier molecular flexibility index (Phi) is 6.41. The van der Waals surface area contributed by atoms with E-state index in [0.29, 0.717) is 17.2 Å². The Hall–Kier alpha value is -3.75. The molecule has 2 aromatic rings. The van der Waals surface area contributed by atoms with Crippen LogP contribution < -0.4 is 10.1 Å². The molecule has 1 aliphatic heterocycles. The first-order valence-electron chi connectivity index (χ1n) is 9.34. The minimum atomic E-state index is -1.53. The van der Waals surface area contributed by atoms with Gasteiger partial charge in [-0.2, -0.15) is 0 Å². The molecule has 0 bridgehead atoms. The van der Waals surface area contributed by atoms with Crippen molar-refractivity contribution in [3.63, 3.8) is 0 Å². The van der Waals surface area contributed by atoms with Gasteiger partial charge in [0.15, 0.2) is 11.7 Å². The number of aryl methyl sites for hydroxylation is 1. The van der Waals surface area contributed by atoms with Gasteiger partial charge in [-0.1, -0.05) is 17.7 Å². The van der Waals surface area contributed by atoms with E-state index < -0.39 is 36.0 Å². The highest BCUT2D eigenvalue weighted by Crippen LogP contribution is 2.22. The minimum absolute atomic E-state index is 0.0194. The molecule has 30 heavy (non-hydrogen) atoms. The topological polar surface area (TPSA) is 126 Å². The van der Waals surface area contributed by atoms with Crippen LogP contribution in [0.4, 0.5) is 0 Å². The van der Waals surface area contributed by atoms with Crippen molar-refractivity contribution in [1.82, 2.24) is 15.2 Å². The van der Waals surface area contributed by atoms with Crippen molar-refractivity contribution >= 4 is 23.6 Å². The van der Waals surface area contributed by atoms with Crippen LogP contribution in [-0.4, -0.2) is 51.6 Å². The van der Waals surface area contributed by atoms with Crippen molar-refractivity contribution < 1.29 is 29.0 Å². The van der Waals surface area contributed by atoms with Crippen LogP contribution in [0.3, 0.4) is 0 Å². The van der Waals surface area contributed by atoms with E-state index in [1.54, 1.807) is 12.1 Å². The lowest BCUT2D eigenvalue weighted by molar-refractivity contribution is -0.152. The molecule has 156 valence electrons. The number of amides is 2. The molecular weight excluding hydrogens is 390 g/mol. The number of piperidine rings is 1. The molecule has 2 amide bonds. The average molecular weight is 411 g/mol. The maximum atomic E-state index is 12.6. The maximum absolute atomic E-state index is 12.6. The van der Waals surface area contributed by atoms with Crippen LogP contribution >= 0.6 is 0 Å². The second kappa shape index (κ2) is 9.17. The summed E-state index contributed by atoms with van der Waals surface area (Å²) >= 11 is 0. The van der Waals surface area contributed by atoms with Gasteiger partial charge < -0.3 is 20.1 Å². The number of ether oxygens (including phenoxy) is 1. The molecule has 1 saturated heterocycles. The average Bonchev–Trinajstić information content (AvgIpc) is 2.72. The van der Waals surface area contributed by atoms with Crippen LogP contribution in [0.15, 0.2) is 42.6 Å². The third-order valence-corrected chi connectivity index (χ3v) is 4.59. The van der Waals surface area contributed by atoms with E-state index in [4.69, 9.17) is 9.84 Å². The molecule has 2 N–H and O–H groups in total. The first-order valence-corrected chi connectivity index (χ1v) is 9.34. The van der Waals surface area contributed by atoms with Gasteiger partial charge in [0, 0.05) is 13.0 Å². The van der Waals surface area contributed by atoms with Crippen LogP contribution in [-0.2, 0) is 25.7 Å². The molecule has 1 unspecified atom stereocenters. The number of aromatic nitrogens is 1. The van der Waals surface area contributed by atoms with Crippen LogP contribution in [0, 0.1) is 12.8 Å². The van der Waals surface area contributed by atoms with Crippen molar-refractivity contribution in [2.75, 3.05) is 13.1 Å². The zero-order valence-electron chi connectivity index (χ0n) is 16.3. The van der Waals surface area contributed by atoms with E-state index in [9.17, 15) is 19.2 Å². The molecule has 2 heterocycles. The Bertz CT molecular complexity index is 956. The van der Waals surface area contributed by atoms with Crippen LogP contribution in [0.25, 0.3) is 0 Å². The zero-order chi connectivity index (χ0) is 21.7. The van der Waals surface area contributed by atoms with E-state index in [0.717, 1.165) is 5.56 Å². The fourth-order valence-electron chi connectivity index (χ4n) is 3.00. The summed E-state index contributed by atoms with van der Waals surface area (Å²) in [5.41, 5.74) is 1.69. The lowest BCUT2D eigenvalue weighted by atomic mass is 9.94. The molecule has 3 rings (SSSR count). The Morgan fingerprint density at radius 1 is 1.17 bits per heavy atom. The number of benzene rings is 1. The summed E-state index contributed by atoms with van der Waals surface area (Å²) in [6.45, 7) is 1.62. The highest BCUT2D eigenvalue weighted by atomic mass is 16.5. The molecule has 1 atom stereocenters. The summed E-state index contributed by atoms with van der Waals surface area (Å²) in [5, 5.41) is 10.7. The summed E-state index contributed by atoms with van der Waals surface area (Å²) in [4.78, 5) is 53.0. The highest BCUT2D eigenvalue weighted by Gasteiger charge is 2.40. The van der Waals surface area contributed by atoms with Crippen LogP contribution in [0.5, 0.6) is 11.5 Å². The monoisotopic (exact) mass is 411 g/mol. The van der Waals surface area contributed by atoms with Crippen LogP contribution in [0.1, 0.15) is 17.7 Å². The van der Waals surface area contributed by atoms with Crippen molar-refractivity contribution in [3.05, 3.63) is 53.9 Å². The van der Waals surface area contributed by atoms with Gasteiger partial charge in [-0.15, -0.1) is 0 Å². The van der Waals surface area contributed by atoms with Gasteiger partial charge in [-0.05, 0) is 31.2 Å². The third kappa shape index (κ3) is 5.19. The number of likely N-dealkylation sites (tertiary alicyclic amines) is 1. The SMILES string of the molecule is Cc1ccc(Oc2ccc(CN3CCC(=O)C(C(=O)NCC(=O)O)C3=O)nc2)cc1. The van der Waals surface area contributed by atoms with Crippen molar-refractivity contribution in [2.45, 2.75) is 19.9 Å². The number of hydrogen-bond acceptors (Lipinski definition) is 6. The summed E-state index contributed by atoms with van der Waals surface area (Å²) in [6.07, 6.45) is 1.55. The molecule has 9 heteroatoms. The molecule has 0 saturated carbocycles. The van der Waals surface area contributed by atoms with Gasteiger partial charge in [0.1, 0.15) is 18.0 Å². The second-order valence-corrected chi connectivity index (χ2v) is 6.92. The van der Waals surface area contributed by atoms with Gasteiger partial charge >= 0.3 is 5.97 Å². The predicted molar refractivity (Wildman–Crippen MR) is 105 cm³/mol. The fourth-order valence-corrected chi connectivity index (χ4v) is 3.00. The second-order valence-electron chi connectivity index (χ2n) is 6.92. The maximum Gasteiger partial charge on any atom is 0.322 e. The lowest BCUT2D eigenvalue weighted by Gasteiger charge is -2.30. The zero-order valence-corrected chi connectivity index (χ0v) is 16.3. The molecule has 0 spiro atoms. The predicted octanol–water partition coefficient (Wildman–Crippen LogP) is 1.30. The van der Waals surface area contributed by atoms with Crippen molar-refractivity contribution in [3.8, 4) is 11.5 Å². The number of Topliss-reactive ketones (excluding diaryl/α,β-unsaturated/α-hetero) is 1. The molecule has 9 nitrogen and oxygen atoms in total. The molecule has 1 aromatic heterocycles. The quantitative estimate of drug-likeness (QED) is 0.658. The standard InChI is InChI=1S/C21H21N3O6/c1-13-2-5-15(6-3-13)30-16-7-4-14(22-10-16)12-24-9-8-17(25)19(21(24)29)20(28)23-11-18(26)27/h2-7,10,19H,8-9,11-12H2,1H3,(H,23,28)(H,26,27). The van der Waals surface area contributed by atoms with Gasteiger partial charge in [-0.25, -0.2) is 0 Å². The number of pyridine rings is 1. The van der Waals surface area contributed by atoms with Gasteiger partial charge in [-0.3, -0.25) is 24.2 Å². The van der Waals surface area contributed by atoms with Gasteiger partial charge in [0.2, 0.25) is 11.8 Å². The number of nitrogens with one attached hydrogen (secondary N) is 1. The van der Waals surface area contributed by atoms with Crippen molar-refractivity contribution in [1.29, 1.82) is 0 Å². The molecule has 1 fully saturated rings. The molecule has 1 aliphatic rings. The number of carboxylic acids is 1. The molecule has 0 radical (unpaired) electrons. The summed E-state index contributed by atoms with van der Waals surface area (Å²) < 4.78 is 5.72. The molecular formula is C21H21N3O6. The Morgan fingerprint density at radius 3 is 2.50 bits per heavy atom. The first kappa shape index (κ1) is 21.0. The summed E-state index contributed by atoms with van der Waals surface area (Å²) in [7, 11) is 0. The number of carbonyl (C=O) groups is 4. The van der Waals surface area contributed by atoms with E-state index in [-0.39, 0.29) is 19.5 Å². The van der Waals surface area contributed by atoms with Gasteiger partial charge in [0.05, 0.1) is 18.4 Å². The number of carboxylic acid groups (broad SMARTS) is 1. The number of carbonyl (C=O) groups excluding carboxylic acids is 3. The van der Waals surface area contributed by atoms with Gasteiger partial charge in [0.25, 0.3) is 0 Å². The number of hydrogen-bond donors (Lipinski definition) is 2. The first-order chi connectivity index (χ1) is 14.3. The van der Waals surface area contributed by atoms with E-state index in [1.165, 1.54) is 11.1 Å². The van der Waals surface area contributed by atoms with E-state index >= 15 is 0 Å². The van der Waals surface area contributed by atoms with E-state index in [2.05, 4.69) is 10.3 Å².